The van der Waals surface area contributed by atoms with Crippen molar-refractivity contribution in [3.8, 4) is 0 Å². The molecule has 8 heteroatoms. The molecule has 0 aromatic rings. The van der Waals surface area contributed by atoms with Crippen molar-refractivity contribution in [2.24, 2.45) is 0 Å². The van der Waals surface area contributed by atoms with Crippen molar-refractivity contribution < 1.29 is 45.3 Å². The van der Waals surface area contributed by atoms with Crippen LogP contribution in [0.5, 0.6) is 0 Å². The quantitative estimate of drug-likeness (QED) is 0.113. The van der Waals surface area contributed by atoms with Crippen LogP contribution in [-0.2, 0) is 40.6 Å². The summed E-state index contributed by atoms with van der Waals surface area (Å²) in [6.07, 6.45) is 6.46. The van der Waals surface area contributed by atoms with Gasteiger partial charge in [-0.05, 0) is 13.8 Å². The SMILES string of the molecule is C/C=C/C=C/C(=[N+]=[N-])C(=O)OCC.[C-]#[O+].[C-]#[O+].[C-]#[O+].[Fe]. The number of carbonyl (C=O) groups is 1. The molecule has 108 valence electrons. The fourth-order valence-corrected chi connectivity index (χ4v) is 0.605. The van der Waals surface area contributed by atoms with Crippen molar-refractivity contribution in [3.05, 3.63) is 49.8 Å². The van der Waals surface area contributed by atoms with Crippen LogP contribution in [0.25, 0.3) is 5.53 Å². The first-order valence-corrected chi connectivity index (χ1v) is 4.56. The van der Waals surface area contributed by atoms with E-state index in [1.54, 1.807) is 25.2 Å². The Bertz CT molecular complexity index is 376. The number of ether oxygens (including phenoxy) is 1. The second-order valence-electron chi connectivity index (χ2n) is 2.09. The van der Waals surface area contributed by atoms with Crippen LogP contribution in [-0.4, -0.2) is 23.1 Å². The van der Waals surface area contributed by atoms with Crippen LogP contribution in [0.15, 0.2) is 24.3 Å². The first kappa shape index (κ1) is 30.8. The average Bonchev–Trinajstić information content (AvgIpc) is 2.50. The Hall–Kier alpha value is -1.93. The van der Waals surface area contributed by atoms with Gasteiger partial charge in [-0.3, -0.25) is 0 Å². The normalized spacial score (nSPS) is 7.00. The van der Waals surface area contributed by atoms with Crippen LogP contribution in [0, 0.1) is 20.0 Å². The summed E-state index contributed by atoms with van der Waals surface area (Å²) < 4.78 is 27.1. The second-order valence-corrected chi connectivity index (χ2v) is 2.09. The van der Waals surface area contributed by atoms with Crippen molar-refractivity contribution in [2.45, 2.75) is 13.8 Å². The van der Waals surface area contributed by atoms with Crippen LogP contribution in [0.3, 0.4) is 0 Å². The molecule has 0 aliphatic rings. The topological polar surface area (TPSA) is 122 Å². The summed E-state index contributed by atoms with van der Waals surface area (Å²) in [5.41, 5.74) is 8.32. The molecule has 0 rings (SSSR count). The smallest absolute Gasteiger partial charge is 0 e. The summed E-state index contributed by atoms with van der Waals surface area (Å²) in [7, 11) is 0. The average molecular weight is 320 g/mol. The minimum atomic E-state index is -0.634. The maximum absolute atomic E-state index is 11.0. The van der Waals surface area contributed by atoms with E-state index in [0.29, 0.717) is 0 Å². The fourth-order valence-electron chi connectivity index (χ4n) is 0.605. The molecular formula is C12H12FeN2O5. The van der Waals surface area contributed by atoms with E-state index in [2.05, 4.69) is 29.5 Å². The summed E-state index contributed by atoms with van der Waals surface area (Å²) in [6.45, 7) is 17.3. The number of allylic oxidation sites excluding steroid dienone is 3. The van der Waals surface area contributed by atoms with E-state index in [1.165, 1.54) is 6.08 Å². The van der Waals surface area contributed by atoms with Gasteiger partial charge in [0.25, 0.3) is 0 Å². The summed E-state index contributed by atoms with van der Waals surface area (Å²) in [6, 6.07) is 0. The standard InChI is InChI=1S/C9H12N2O2.3CO.Fe/c1-3-5-6-7-8(11-10)9(12)13-4-2;3*1-2;/h3,5-7H,4H2,1-2H3;;;;/b5-3+,7-6+;;;;. The monoisotopic (exact) mass is 320 g/mol. The number of hydrogen-bond donors (Lipinski definition) is 0. The third-order valence-corrected chi connectivity index (χ3v) is 1.15. The molecule has 7 nitrogen and oxygen atoms in total. The zero-order chi connectivity index (χ0) is 16.1. The Labute approximate surface area is 127 Å². The molecule has 0 unspecified atom stereocenters. The van der Waals surface area contributed by atoms with E-state index in [9.17, 15) is 4.79 Å². The van der Waals surface area contributed by atoms with E-state index in [-0.39, 0.29) is 29.4 Å². The van der Waals surface area contributed by atoms with Gasteiger partial charge >= 0.3 is 45.6 Å². The molecule has 0 aromatic heterocycles. The Balaban J connectivity index is -0.0000000940. The van der Waals surface area contributed by atoms with Crippen molar-refractivity contribution in [1.29, 1.82) is 0 Å². The number of nitrogens with zero attached hydrogens (tertiary/aromatic N) is 2. The molecule has 0 spiro atoms. The summed E-state index contributed by atoms with van der Waals surface area (Å²) in [5, 5.41) is 0. The van der Waals surface area contributed by atoms with Gasteiger partial charge in [0.2, 0.25) is 0 Å². The first-order valence-electron chi connectivity index (χ1n) is 4.56. The maximum Gasteiger partial charge on any atom is 0 e. The van der Waals surface area contributed by atoms with E-state index in [1.807, 2.05) is 6.92 Å². The Morgan fingerprint density at radius 1 is 1.20 bits per heavy atom. The van der Waals surface area contributed by atoms with Crippen molar-refractivity contribution in [2.75, 3.05) is 6.61 Å². The maximum atomic E-state index is 11.0. The van der Waals surface area contributed by atoms with E-state index in [0.717, 1.165) is 0 Å². The minimum absolute atomic E-state index is 0. The van der Waals surface area contributed by atoms with Crippen molar-refractivity contribution in [3.63, 3.8) is 0 Å². The minimum Gasteiger partial charge on any atom is 0 e. The Morgan fingerprint density at radius 2 is 1.65 bits per heavy atom. The van der Waals surface area contributed by atoms with E-state index in [4.69, 9.17) is 19.5 Å². The molecule has 0 fully saturated rings. The third-order valence-electron chi connectivity index (χ3n) is 1.15. The number of esters is 1. The molecule has 0 atom stereocenters. The molecule has 0 saturated heterocycles. The number of carbonyl (C=O) groups excluding carboxylic acids is 1. The van der Waals surface area contributed by atoms with Gasteiger partial charge in [-0.25, -0.2) is 4.79 Å². The van der Waals surface area contributed by atoms with Gasteiger partial charge in [-0.2, -0.15) is 4.79 Å². The summed E-state index contributed by atoms with van der Waals surface area (Å²) >= 11 is 0. The van der Waals surface area contributed by atoms with Crippen LogP contribution in [0.1, 0.15) is 13.8 Å². The van der Waals surface area contributed by atoms with Gasteiger partial charge in [0.15, 0.2) is 0 Å². The van der Waals surface area contributed by atoms with Crippen LogP contribution in [0.2, 0.25) is 0 Å². The predicted molar refractivity (Wildman–Crippen MR) is 61.0 cm³/mol. The Kier molecular flexibility index (Phi) is 55.4. The summed E-state index contributed by atoms with van der Waals surface area (Å²) in [5.74, 6) is -0.634. The molecule has 0 aliphatic heterocycles. The largest absolute Gasteiger partial charge is 0 e. The molecule has 0 radical (unpaired) electrons. The van der Waals surface area contributed by atoms with E-state index < -0.39 is 5.97 Å². The van der Waals surface area contributed by atoms with E-state index >= 15 is 0 Å². The molecule has 0 heterocycles. The van der Waals surface area contributed by atoms with Gasteiger partial charge in [0.1, 0.15) is 0 Å². The molecule has 0 amide bonds. The second kappa shape index (κ2) is 36.0. The zero-order valence-corrected chi connectivity index (χ0v) is 11.9. The van der Waals surface area contributed by atoms with Gasteiger partial charge in [-0.15, -0.1) is 0 Å². The predicted octanol–water partition coefficient (Wildman–Crippen LogP) is 1.24. The van der Waals surface area contributed by atoms with Crippen molar-refractivity contribution >= 4 is 11.7 Å². The molecule has 0 aliphatic carbocycles. The van der Waals surface area contributed by atoms with Gasteiger partial charge in [0.05, 0.1) is 6.61 Å². The third kappa shape index (κ3) is 25.1. The molecule has 0 aromatic carbocycles. The van der Waals surface area contributed by atoms with Gasteiger partial charge < -0.3 is 10.3 Å². The fraction of sp³-hybridized carbons (Fsp3) is 0.250. The molecule has 0 N–H and O–H groups in total. The Morgan fingerprint density at radius 3 is 1.95 bits per heavy atom. The van der Waals surface area contributed by atoms with Gasteiger partial charge in [0, 0.05) is 23.1 Å². The molecular weight excluding hydrogens is 308 g/mol. The first-order chi connectivity index (χ1) is 9.26. The van der Waals surface area contributed by atoms with Crippen LogP contribution >= 0.6 is 0 Å². The molecule has 0 saturated carbocycles. The number of rotatable bonds is 4. The zero-order valence-electron chi connectivity index (χ0n) is 10.8. The van der Waals surface area contributed by atoms with Crippen LogP contribution in [0.4, 0.5) is 0 Å². The molecule has 20 heavy (non-hydrogen) atoms. The molecule has 0 bridgehead atoms. The number of hydrogen-bond acceptors (Lipinski definition) is 2. The van der Waals surface area contributed by atoms with Crippen LogP contribution < -0.4 is 0 Å². The summed E-state index contributed by atoms with van der Waals surface area (Å²) in [4.78, 5) is 13.8. The van der Waals surface area contributed by atoms with Gasteiger partial charge in [-0.1, -0.05) is 18.2 Å². The van der Waals surface area contributed by atoms with Crippen molar-refractivity contribution in [1.82, 2.24) is 0 Å².